The topological polar surface area (TPSA) is 15.3 Å². The molecule has 0 atom stereocenters. The Morgan fingerprint density at radius 1 is 1.35 bits per heavy atom. The first kappa shape index (κ1) is 14.6. The minimum Gasteiger partial charge on any atom is -0.317 e. The lowest BCUT2D eigenvalue weighted by Gasteiger charge is -2.41. The average Bonchev–Trinajstić information content (AvgIpc) is 3.18. The second-order valence-corrected chi connectivity index (χ2v) is 7.75. The Kier molecular flexibility index (Phi) is 4.79. The fourth-order valence-electron chi connectivity index (χ4n) is 3.76. The quantitative estimate of drug-likeness (QED) is 0.820. The Morgan fingerprint density at radius 2 is 2.15 bits per heavy atom. The highest BCUT2D eigenvalue weighted by Crippen LogP contribution is 2.39. The van der Waals surface area contributed by atoms with Crippen LogP contribution >= 0.6 is 11.3 Å². The highest BCUT2D eigenvalue weighted by atomic mass is 32.1. The standard InChI is InChI=1S/C17H28N2S/c1-2-7-17(8-10-18-11-9-17)14-19(15-5-6-15)13-16-4-3-12-20-16/h3-4,12,15,18H,2,5-11,13-14H2,1H3. The molecule has 112 valence electrons. The van der Waals surface area contributed by atoms with Crippen molar-refractivity contribution < 1.29 is 0 Å². The van der Waals surface area contributed by atoms with Gasteiger partial charge in [-0.2, -0.15) is 0 Å². The van der Waals surface area contributed by atoms with Crippen LogP contribution in [0.4, 0.5) is 0 Å². The van der Waals surface area contributed by atoms with Gasteiger partial charge < -0.3 is 5.32 Å². The van der Waals surface area contributed by atoms with E-state index in [-0.39, 0.29) is 0 Å². The number of rotatable bonds is 7. The molecule has 0 aromatic carbocycles. The fourth-order valence-corrected chi connectivity index (χ4v) is 4.49. The van der Waals surface area contributed by atoms with Gasteiger partial charge in [0.25, 0.3) is 0 Å². The molecule has 2 heterocycles. The predicted octanol–water partition coefficient (Wildman–Crippen LogP) is 3.88. The predicted molar refractivity (Wildman–Crippen MR) is 87.2 cm³/mol. The van der Waals surface area contributed by atoms with E-state index in [1.165, 1.54) is 69.6 Å². The first-order valence-corrected chi connectivity index (χ1v) is 9.16. The van der Waals surface area contributed by atoms with E-state index in [9.17, 15) is 0 Å². The van der Waals surface area contributed by atoms with Crippen molar-refractivity contribution in [2.24, 2.45) is 5.41 Å². The Bertz CT molecular complexity index is 386. The number of piperidine rings is 1. The van der Waals surface area contributed by atoms with E-state index in [1.807, 2.05) is 11.3 Å². The maximum absolute atomic E-state index is 3.55. The van der Waals surface area contributed by atoms with E-state index >= 15 is 0 Å². The van der Waals surface area contributed by atoms with Crippen LogP contribution in [0.1, 0.15) is 50.3 Å². The highest BCUT2D eigenvalue weighted by molar-refractivity contribution is 7.09. The monoisotopic (exact) mass is 292 g/mol. The van der Waals surface area contributed by atoms with Crippen LogP contribution < -0.4 is 5.32 Å². The van der Waals surface area contributed by atoms with E-state index in [0.29, 0.717) is 5.41 Å². The summed E-state index contributed by atoms with van der Waals surface area (Å²) in [5.74, 6) is 0. The molecule has 0 amide bonds. The van der Waals surface area contributed by atoms with Gasteiger partial charge in [0.2, 0.25) is 0 Å². The van der Waals surface area contributed by atoms with Crippen molar-refractivity contribution in [1.29, 1.82) is 0 Å². The van der Waals surface area contributed by atoms with E-state index < -0.39 is 0 Å². The first-order chi connectivity index (χ1) is 9.81. The third kappa shape index (κ3) is 3.63. The van der Waals surface area contributed by atoms with Gasteiger partial charge in [-0.15, -0.1) is 11.3 Å². The van der Waals surface area contributed by atoms with Crippen LogP contribution in [0.3, 0.4) is 0 Å². The third-order valence-electron chi connectivity index (χ3n) is 4.99. The zero-order chi connectivity index (χ0) is 13.8. The van der Waals surface area contributed by atoms with Gasteiger partial charge in [-0.25, -0.2) is 0 Å². The van der Waals surface area contributed by atoms with Crippen LogP contribution in [0.5, 0.6) is 0 Å². The second kappa shape index (κ2) is 6.59. The van der Waals surface area contributed by atoms with E-state index in [2.05, 4.69) is 34.7 Å². The van der Waals surface area contributed by atoms with Gasteiger partial charge >= 0.3 is 0 Å². The summed E-state index contributed by atoms with van der Waals surface area (Å²) in [6.07, 6.45) is 8.32. The Balaban J connectivity index is 1.67. The van der Waals surface area contributed by atoms with Crippen molar-refractivity contribution in [3.63, 3.8) is 0 Å². The second-order valence-electron chi connectivity index (χ2n) is 6.72. The SMILES string of the molecule is CCCC1(CN(Cc2cccs2)C2CC2)CCNCC1. The molecule has 1 N–H and O–H groups in total. The molecular weight excluding hydrogens is 264 g/mol. The Hall–Kier alpha value is -0.380. The molecular formula is C17H28N2S. The number of hydrogen-bond acceptors (Lipinski definition) is 3. The van der Waals surface area contributed by atoms with Crippen LogP contribution in [0.15, 0.2) is 17.5 Å². The molecule has 0 bridgehead atoms. The summed E-state index contributed by atoms with van der Waals surface area (Å²) < 4.78 is 0. The summed E-state index contributed by atoms with van der Waals surface area (Å²) >= 11 is 1.92. The van der Waals surface area contributed by atoms with Crippen LogP contribution in [0, 0.1) is 5.41 Å². The summed E-state index contributed by atoms with van der Waals surface area (Å²) in [6, 6.07) is 5.37. The maximum Gasteiger partial charge on any atom is 0.0331 e. The number of nitrogens with one attached hydrogen (secondary N) is 1. The van der Waals surface area contributed by atoms with Crippen LogP contribution in [0.2, 0.25) is 0 Å². The van der Waals surface area contributed by atoms with Gasteiger partial charge in [-0.3, -0.25) is 4.90 Å². The van der Waals surface area contributed by atoms with Crippen molar-refractivity contribution >= 4 is 11.3 Å². The van der Waals surface area contributed by atoms with Crippen molar-refractivity contribution in [1.82, 2.24) is 10.2 Å². The van der Waals surface area contributed by atoms with Gasteiger partial charge in [0.1, 0.15) is 0 Å². The summed E-state index contributed by atoms with van der Waals surface area (Å²) in [7, 11) is 0. The largest absolute Gasteiger partial charge is 0.317 e. The number of thiophene rings is 1. The zero-order valence-corrected chi connectivity index (χ0v) is 13.6. The lowest BCUT2D eigenvalue weighted by Crippen LogP contribution is -2.45. The minimum absolute atomic E-state index is 0.583. The normalized spacial score (nSPS) is 22.3. The van der Waals surface area contributed by atoms with Crippen molar-refractivity contribution in [2.75, 3.05) is 19.6 Å². The van der Waals surface area contributed by atoms with E-state index in [1.54, 1.807) is 0 Å². The average molecular weight is 292 g/mol. The molecule has 0 spiro atoms. The molecule has 3 heteroatoms. The Labute approximate surface area is 127 Å². The minimum atomic E-state index is 0.583. The molecule has 20 heavy (non-hydrogen) atoms. The smallest absolute Gasteiger partial charge is 0.0331 e. The van der Waals surface area contributed by atoms with Crippen molar-refractivity contribution in [3.05, 3.63) is 22.4 Å². The molecule has 0 unspecified atom stereocenters. The van der Waals surface area contributed by atoms with Crippen LogP contribution in [-0.2, 0) is 6.54 Å². The number of hydrogen-bond donors (Lipinski definition) is 1. The molecule has 2 aliphatic rings. The van der Waals surface area contributed by atoms with Gasteiger partial charge in [0, 0.05) is 24.0 Å². The molecule has 1 aromatic rings. The first-order valence-electron chi connectivity index (χ1n) is 8.28. The molecule has 0 radical (unpaired) electrons. The molecule has 3 rings (SSSR count). The summed E-state index contributed by atoms with van der Waals surface area (Å²) in [4.78, 5) is 4.34. The van der Waals surface area contributed by atoms with Crippen molar-refractivity contribution in [3.8, 4) is 0 Å². The fraction of sp³-hybridized carbons (Fsp3) is 0.765. The summed E-state index contributed by atoms with van der Waals surface area (Å²) in [5.41, 5.74) is 0.583. The molecule has 2 fully saturated rings. The maximum atomic E-state index is 3.55. The highest BCUT2D eigenvalue weighted by Gasteiger charge is 2.38. The lowest BCUT2D eigenvalue weighted by atomic mass is 9.75. The summed E-state index contributed by atoms with van der Waals surface area (Å²) in [5, 5.41) is 5.76. The van der Waals surface area contributed by atoms with Gasteiger partial charge in [0.15, 0.2) is 0 Å². The molecule has 1 saturated carbocycles. The van der Waals surface area contributed by atoms with Gasteiger partial charge in [0.05, 0.1) is 0 Å². The Morgan fingerprint density at radius 3 is 2.75 bits per heavy atom. The lowest BCUT2D eigenvalue weighted by molar-refractivity contribution is 0.0916. The molecule has 1 aliphatic carbocycles. The number of nitrogens with zero attached hydrogens (tertiary/aromatic N) is 1. The van der Waals surface area contributed by atoms with Crippen molar-refractivity contribution in [2.45, 2.75) is 58.0 Å². The molecule has 1 aliphatic heterocycles. The van der Waals surface area contributed by atoms with Crippen LogP contribution in [-0.4, -0.2) is 30.6 Å². The zero-order valence-electron chi connectivity index (χ0n) is 12.7. The summed E-state index contributed by atoms with van der Waals surface area (Å²) in [6.45, 7) is 7.30. The molecule has 1 saturated heterocycles. The van der Waals surface area contributed by atoms with Crippen LogP contribution in [0.25, 0.3) is 0 Å². The molecule has 1 aromatic heterocycles. The third-order valence-corrected chi connectivity index (χ3v) is 5.85. The van der Waals surface area contributed by atoms with Gasteiger partial charge in [-0.05, 0) is 62.1 Å². The van der Waals surface area contributed by atoms with E-state index in [0.717, 1.165) is 6.04 Å². The molecule has 2 nitrogen and oxygen atoms in total. The van der Waals surface area contributed by atoms with E-state index in [4.69, 9.17) is 0 Å². The van der Waals surface area contributed by atoms with Gasteiger partial charge in [-0.1, -0.05) is 19.4 Å².